The molecule has 0 saturated carbocycles. The first-order chi connectivity index (χ1) is 14.2. The van der Waals surface area contributed by atoms with E-state index in [4.69, 9.17) is 17.0 Å². The predicted molar refractivity (Wildman–Crippen MR) is 114 cm³/mol. The fourth-order valence-corrected chi connectivity index (χ4v) is 3.31. The Morgan fingerprint density at radius 1 is 1.13 bits per heavy atom. The molecule has 8 heteroatoms. The lowest BCUT2D eigenvalue weighted by atomic mass is 10.1. The Bertz CT molecular complexity index is 1060. The van der Waals surface area contributed by atoms with Gasteiger partial charge in [-0.25, -0.2) is 0 Å². The number of hydrogen-bond donors (Lipinski definition) is 1. The molecule has 0 aromatic heterocycles. The van der Waals surface area contributed by atoms with Crippen molar-refractivity contribution in [3.63, 3.8) is 0 Å². The molecule has 1 aliphatic rings. The zero-order chi connectivity index (χ0) is 22.0. The Kier molecular flexibility index (Phi) is 5.98. The number of thiocarbonyl (C=S) groups is 1. The van der Waals surface area contributed by atoms with Gasteiger partial charge in [0.1, 0.15) is 17.4 Å². The van der Waals surface area contributed by atoms with Crippen LogP contribution in [0.3, 0.4) is 0 Å². The van der Waals surface area contributed by atoms with E-state index in [1.165, 1.54) is 17.9 Å². The van der Waals surface area contributed by atoms with Gasteiger partial charge in [-0.3, -0.25) is 19.8 Å². The highest BCUT2D eigenvalue weighted by Gasteiger charge is 2.34. The maximum atomic E-state index is 13.1. The minimum atomic E-state index is -1.33. The van der Waals surface area contributed by atoms with Crippen molar-refractivity contribution < 1.29 is 24.2 Å². The molecule has 0 radical (unpaired) electrons. The van der Waals surface area contributed by atoms with Gasteiger partial charge in [-0.05, 0) is 80.0 Å². The van der Waals surface area contributed by atoms with E-state index in [-0.39, 0.29) is 10.7 Å². The van der Waals surface area contributed by atoms with E-state index in [1.807, 2.05) is 32.0 Å². The molecule has 1 fully saturated rings. The van der Waals surface area contributed by atoms with Gasteiger partial charge >= 0.3 is 0 Å². The van der Waals surface area contributed by atoms with Crippen LogP contribution in [0.4, 0.5) is 5.69 Å². The first-order valence-electron chi connectivity index (χ1n) is 9.13. The molecule has 0 aliphatic carbocycles. The SMILES string of the molecule is Cc1cc(C)cc(N2C(=O)/C(=C/c3ccc(O[C@H](C)C(=O)[O-])cc3)C(=O)NC2=S)c1. The van der Waals surface area contributed by atoms with Crippen molar-refractivity contribution in [2.75, 3.05) is 4.90 Å². The molecular formula is C22H19N2O5S-. The Labute approximate surface area is 179 Å². The van der Waals surface area contributed by atoms with Gasteiger partial charge in [0.25, 0.3) is 11.8 Å². The predicted octanol–water partition coefficient (Wildman–Crippen LogP) is 1.65. The normalized spacial score (nSPS) is 16.4. The zero-order valence-corrected chi connectivity index (χ0v) is 17.4. The number of benzene rings is 2. The summed E-state index contributed by atoms with van der Waals surface area (Å²) in [5.41, 5.74) is 3.00. The van der Waals surface area contributed by atoms with Crippen molar-refractivity contribution in [1.82, 2.24) is 5.32 Å². The standard InChI is InChI=1S/C22H20N2O5S/c1-12-8-13(2)10-16(9-12)24-20(26)18(19(25)23-22(24)30)11-15-4-6-17(7-5-15)29-14(3)21(27)28/h4-11,14H,1-3H3,(H,27,28)(H,23,25,30)/p-1/b18-11+/t14-/m1/s1. The van der Waals surface area contributed by atoms with Gasteiger partial charge in [0, 0.05) is 0 Å². The number of anilines is 1. The molecule has 30 heavy (non-hydrogen) atoms. The fourth-order valence-electron chi connectivity index (χ4n) is 3.03. The monoisotopic (exact) mass is 423 g/mol. The summed E-state index contributed by atoms with van der Waals surface area (Å²) in [7, 11) is 0. The lowest BCUT2D eigenvalue weighted by molar-refractivity contribution is -0.312. The van der Waals surface area contributed by atoms with E-state index in [9.17, 15) is 19.5 Å². The molecule has 1 atom stereocenters. The molecular weight excluding hydrogens is 404 g/mol. The topological polar surface area (TPSA) is 98.8 Å². The average Bonchev–Trinajstić information content (AvgIpc) is 2.65. The van der Waals surface area contributed by atoms with Crippen LogP contribution in [0.1, 0.15) is 23.6 Å². The number of ether oxygens (including phenoxy) is 1. The Morgan fingerprint density at radius 3 is 2.30 bits per heavy atom. The number of carboxylic acid groups (broad SMARTS) is 1. The number of rotatable bonds is 5. The van der Waals surface area contributed by atoms with Gasteiger partial charge in [0.05, 0.1) is 11.7 Å². The van der Waals surface area contributed by atoms with Gasteiger partial charge in [0.2, 0.25) is 0 Å². The number of carbonyl (C=O) groups is 3. The van der Waals surface area contributed by atoms with Crippen molar-refractivity contribution in [2.45, 2.75) is 26.9 Å². The smallest absolute Gasteiger partial charge is 0.270 e. The quantitative estimate of drug-likeness (QED) is 0.446. The van der Waals surface area contributed by atoms with Crippen molar-refractivity contribution in [3.8, 4) is 5.75 Å². The number of carbonyl (C=O) groups excluding carboxylic acids is 3. The van der Waals surface area contributed by atoms with Crippen LogP contribution in [0.25, 0.3) is 6.08 Å². The molecule has 2 aromatic carbocycles. The summed E-state index contributed by atoms with van der Waals surface area (Å²) in [5, 5.41) is 13.3. The second kappa shape index (κ2) is 8.46. The van der Waals surface area contributed by atoms with Gasteiger partial charge in [-0.2, -0.15) is 0 Å². The molecule has 1 N–H and O–H groups in total. The van der Waals surface area contributed by atoms with E-state index in [2.05, 4.69) is 5.32 Å². The van der Waals surface area contributed by atoms with E-state index in [0.717, 1.165) is 11.1 Å². The highest BCUT2D eigenvalue weighted by molar-refractivity contribution is 7.80. The minimum Gasteiger partial charge on any atom is -0.546 e. The molecule has 1 aliphatic heterocycles. The van der Waals surface area contributed by atoms with Crippen molar-refractivity contribution >= 4 is 46.9 Å². The maximum absolute atomic E-state index is 13.1. The highest BCUT2D eigenvalue weighted by atomic mass is 32.1. The second-order valence-corrected chi connectivity index (χ2v) is 7.34. The lowest BCUT2D eigenvalue weighted by Crippen LogP contribution is -2.54. The van der Waals surface area contributed by atoms with Crippen LogP contribution < -0.4 is 20.1 Å². The van der Waals surface area contributed by atoms with Crippen LogP contribution >= 0.6 is 12.2 Å². The molecule has 3 rings (SSSR count). The minimum absolute atomic E-state index is 0.0205. The third kappa shape index (κ3) is 4.55. The summed E-state index contributed by atoms with van der Waals surface area (Å²) < 4.78 is 5.22. The van der Waals surface area contributed by atoms with Crippen molar-refractivity contribution in [1.29, 1.82) is 0 Å². The van der Waals surface area contributed by atoms with Crippen molar-refractivity contribution in [2.24, 2.45) is 0 Å². The average molecular weight is 423 g/mol. The van der Waals surface area contributed by atoms with Crippen LogP contribution in [0.2, 0.25) is 0 Å². The van der Waals surface area contributed by atoms with E-state index in [0.29, 0.717) is 17.0 Å². The molecule has 1 saturated heterocycles. The Morgan fingerprint density at radius 2 is 1.73 bits per heavy atom. The first-order valence-corrected chi connectivity index (χ1v) is 9.54. The van der Waals surface area contributed by atoms with Gasteiger partial charge < -0.3 is 14.6 Å². The second-order valence-electron chi connectivity index (χ2n) is 6.95. The first kappa shape index (κ1) is 21.2. The summed E-state index contributed by atoms with van der Waals surface area (Å²) in [4.78, 5) is 37.6. The molecule has 7 nitrogen and oxygen atoms in total. The Balaban J connectivity index is 1.90. The van der Waals surface area contributed by atoms with Crippen LogP contribution in [0.5, 0.6) is 5.75 Å². The van der Waals surface area contributed by atoms with Gasteiger partial charge in [-0.15, -0.1) is 0 Å². The number of aliphatic carboxylic acids is 1. The number of nitrogens with zero attached hydrogens (tertiary/aromatic N) is 1. The third-order valence-electron chi connectivity index (χ3n) is 4.40. The summed E-state index contributed by atoms with van der Waals surface area (Å²) >= 11 is 5.22. The number of nitrogens with one attached hydrogen (secondary N) is 1. The van der Waals surface area contributed by atoms with Crippen LogP contribution in [0.15, 0.2) is 48.0 Å². The van der Waals surface area contributed by atoms with Crippen LogP contribution in [-0.2, 0) is 14.4 Å². The number of hydrogen-bond acceptors (Lipinski definition) is 6. The molecule has 0 unspecified atom stereocenters. The number of aryl methyl sites for hydroxylation is 2. The highest BCUT2D eigenvalue weighted by Crippen LogP contribution is 2.25. The van der Waals surface area contributed by atoms with Crippen molar-refractivity contribution in [3.05, 3.63) is 64.7 Å². The molecule has 1 heterocycles. The molecule has 154 valence electrons. The summed E-state index contributed by atoms with van der Waals surface area (Å²) in [6, 6.07) is 11.9. The molecule has 0 bridgehead atoms. The molecule has 2 aromatic rings. The van der Waals surface area contributed by atoms with E-state index < -0.39 is 23.9 Å². The Hall–Kier alpha value is -3.52. The van der Waals surface area contributed by atoms with E-state index >= 15 is 0 Å². The lowest BCUT2D eigenvalue weighted by Gasteiger charge is -2.29. The number of carboxylic acids is 1. The number of amides is 2. The largest absolute Gasteiger partial charge is 0.546 e. The molecule has 0 spiro atoms. The van der Waals surface area contributed by atoms with Gasteiger partial charge in [0.15, 0.2) is 5.11 Å². The summed E-state index contributed by atoms with van der Waals surface area (Å²) in [5.74, 6) is -2.12. The third-order valence-corrected chi connectivity index (χ3v) is 4.69. The maximum Gasteiger partial charge on any atom is 0.270 e. The van der Waals surface area contributed by atoms with Gasteiger partial charge in [-0.1, -0.05) is 18.2 Å². The molecule has 2 amide bonds. The fraction of sp³-hybridized carbons (Fsp3) is 0.182. The van der Waals surface area contributed by atoms with E-state index in [1.54, 1.807) is 24.3 Å². The summed E-state index contributed by atoms with van der Waals surface area (Å²) in [6.45, 7) is 5.18. The summed E-state index contributed by atoms with van der Waals surface area (Å²) in [6.07, 6.45) is 0.341. The zero-order valence-electron chi connectivity index (χ0n) is 16.6. The van der Waals surface area contributed by atoms with Crippen LogP contribution in [0, 0.1) is 13.8 Å². The van der Waals surface area contributed by atoms with Crippen LogP contribution in [-0.4, -0.2) is 29.0 Å².